The van der Waals surface area contributed by atoms with E-state index in [1.165, 1.54) is 6.33 Å². The second kappa shape index (κ2) is 3.87. The highest BCUT2D eigenvalue weighted by Gasteiger charge is 2.06. The third-order valence-electron chi connectivity index (χ3n) is 1.24. The summed E-state index contributed by atoms with van der Waals surface area (Å²) in [6.07, 6.45) is 1.83. The first kappa shape index (κ1) is 8.73. The van der Waals surface area contributed by atoms with E-state index in [4.69, 9.17) is 11.6 Å². The highest BCUT2D eigenvalue weighted by atomic mass is 35.5. The molecule has 64 valence electrons. The molecule has 0 aromatic carbocycles. The van der Waals surface area contributed by atoms with Crippen LogP contribution < -0.4 is 10.6 Å². The van der Waals surface area contributed by atoms with Crippen molar-refractivity contribution < 1.29 is 4.79 Å². The van der Waals surface area contributed by atoms with Crippen LogP contribution in [0.4, 0.5) is 11.5 Å². The van der Waals surface area contributed by atoms with Gasteiger partial charge in [-0.15, -0.1) is 0 Å². The molecule has 1 amide bonds. The van der Waals surface area contributed by atoms with E-state index in [-0.39, 0.29) is 5.15 Å². The maximum absolute atomic E-state index is 10.1. The zero-order chi connectivity index (χ0) is 8.97. The predicted molar refractivity (Wildman–Crippen MR) is 46.3 cm³/mol. The second-order valence-corrected chi connectivity index (χ2v) is 2.26. The van der Waals surface area contributed by atoms with Crippen LogP contribution in [0.1, 0.15) is 0 Å². The Labute approximate surface area is 74.2 Å². The Hall–Kier alpha value is -1.36. The van der Waals surface area contributed by atoms with Gasteiger partial charge in [0, 0.05) is 7.05 Å². The number of amides is 1. The van der Waals surface area contributed by atoms with Gasteiger partial charge in [0.2, 0.25) is 6.41 Å². The van der Waals surface area contributed by atoms with Gasteiger partial charge in [0.25, 0.3) is 0 Å². The molecule has 0 aliphatic carbocycles. The third-order valence-corrected chi connectivity index (χ3v) is 1.53. The maximum Gasteiger partial charge on any atom is 0.211 e. The van der Waals surface area contributed by atoms with Gasteiger partial charge in [-0.25, -0.2) is 9.97 Å². The number of hydrogen-bond acceptors (Lipinski definition) is 4. The molecule has 0 spiro atoms. The van der Waals surface area contributed by atoms with Crippen molar-refractivity contribution >= 4 is 29.5 Å². The normalized spacial score (nSPS) is 9.17. The molecule has 2 N–H and O–H groups in total. The lowest BCUT2D eigenvalue weighted by Gasteiger charge is -2.06. The minimum absolute atomic E-state index is 0.210. The molecule has 0 radical (unpaired) electrons. The van der Waals surface area contributed by atoms with Crippen molar-refractivity contribution in [3.8, 4) is 0 Å². The van der Waals surface area contributed by atoms with Gasteiger partial charge < -0.3 is 10.6 Å². The molecule has 1 rings (SSSR count). The fourth-order valence-corrected chi connectivity index (χ4v) is 0.928. The lowest BCUT2D eigenvalue weighted by molar-refractivity contribution is -0.105. The summed E-state index contributed by atoms with van der Waals surface area (Å²) in [6, 6.07) is 0. The summed E-state index contributed by atoms with van der Waals surface area (Å²) in [6.45, 7) is 0. The third kappa shape index (κ3) is 1.62. The number of carbonyl (C=O) groups excluding carboxylic acids is 1. The van der Waals surface area contributed by atoms with Crippen LogP contribution in [0, 0.1) is 0 Å². The van der Waals surface area contributed by atoms with E-state index >= 15 is 0 Å². The molecule has 0 fully saturated rings. The standard InChI is InChI=1S/C6H7ClN4O/c1-8-6-4(11-3-12)5(7)9-2-10-6/h2-3H,1H3,(H,11,12)(H,8,9,10). The van der Waals surface area contributed by atoms with Crippen molar-refractivity contribution in [3.63, 3.8) is 0 Å². The predicted octanol–water partition coefficient (Wildman–Crippen LogP) is 0.740. The van der Waals surface area contributed by atoms with E-state index in [1.807, 2.05) is 0 Å². The minimum Gasteiger partial charge on any atom is -0.371 e. The van der Waals surface area contributed by atoms with Crippen LogP contribution in [0.25, 0.3) is 0 Å². The van der Waals surface area contributed by atoms with E-state index in [9.17, 15) is 4.79 Å². The van der Waals surface area contributed by atoms with E-state index in [1.54, 1.807) is 7.05 Å². The maximum atomic E-state index is 10.1. The smallest absolute Gasteiger partial charge is 0.211 e. The Bertz CT molecular complexity index is 291. The summed E-state index contributed by atoms with van der Waals surface area (Å²) in [5.74, 6) is 0.488. The Morgan fingerprint density at radius 2 is 2.33 bits per heavy atom. The average Bonchev–Trinajstić information content (AvgIpc) is 2.09. The van der Waals surface area contributed by atoms with Gasteiger partial charge in [-0.05, 0) is 0 Å². The fraction of sp³-hybridized carbons (Fsp3) is 0.167. The van der Waals surface area contributed by atoms with Gasteiger partial charge in [-0.2, -0.15) is 0 Å². The molecule has 0 bridgehead atoms. The molecule has 1 heterocycles. The first-order valence-corrected chi connectivity index (χ1v) is 3.55. The highest BCUT2D eigenvalue weighted by Crippen LogP contribution is 2.24. The van der Waals surface area contributed by atoms with Crippen LogP contribution in [0.15, 0.2) is 6.33 Å². The molecular formula is C6H7ClN4O. The lowest BCUT2D eigenvalue weighted by Crippen LogP contribution is -2.03. The van der Waals surface area contributed by atoms with Crippen LogP contribution in [0.2, 0.25) is 5.15 Å². The molecule has 12 heavy (non-hydrogen) atoms. The zero-order valence-electron chi connectivity index (χ0n) is 6.34. The lowest BCUT2D eigenvalue weighted by atomic mass is 10.5. The van der Waals surface area contributed by atoms with E-state index < -0.39 is 0 Å². The Balaban J connectivity index is 3.10. The topological polar surface area (TPSA) is 66.9 Å². The van der Waals surface area contributed by atoms with E-state index in [0.717, 1.165) is 0 Å². The van der Waals surface area contributed by atoms with Crippen molar-refractivity contribution in [2.24, 2.45) is 0 Å². The number of nitrogens with one attached hydrogen (secondary N) is 2. The second-order valence-electron chi connectivity index (χ2n) is 1.90. The van der Waals surface area contributed by atoms with Crippen molar-refractivity contribution in [3.05, 3.63) is 11.5 Å². The van der Waals surface area contributed by atoms with E-state index in [0.29, 0.717) is 17.9 Å². The number of nitrogens with zero attached hydrogens (tertiary/aromatic N) is 2. The van der Waals surface area contributed by atoms with Crippen LogP contribution in [0.3, 0.4) is 0 Å². The summed E-state index contributed by atoms with van der Waals surface area (Å²) < 4.78 is 0. The number of carbonyl (C=O) groups is 1. The molecule has 1 aromatic rings. The molecule has 0 unspecified atom stereocenters. The van der Waals surface area contributed by atoms with Crippen LogP contribution in [-0.2, 0) is 4.79 Å². The minimum atomic E-state index is 0.210. The van der Waals surface area contributed by atoms with Gasteiger partial charge in [0.05, 0.1) is 0 Å². The summed E-state index contributed by atoms with van der Waals surface area (Å²) in [5, 5.41) is 5.37. The van der Waals surface area contributed by atoms with Gasteiger partial charge in [-0.3, -0.25) is 4.79 Å². The molecule has 0 atom stereocenters. The number of halogens is 1. The van der Waals surface area contributed by atoms with Crippen LogP contribution in [-0.4, -0.2) is 23.4 Å². The Kier molecular flexibility index (Phi) is 2.82. The van der Waals surface area contributed by atoms with Gasteiger partial charge in [0.1, 0.15) is 12.0 Å². The van der Waals surface area contributed by atoms with Gasteiger partial charge in [0.15, 0.2) is 11.0 Å². The Morgan fingerprint density at radius 1 is 1.58 bits per heavy atom. The molecule has 0 saturated heterocycles. The van der Waals surface area contributed by atoms with Crippen molar-refractivity contribution in [1.29, 1.82) is 0 Å². The number of rotatable bonds is 3. The zero-order valence-corrected chi connectivity index (χ0v) is 7.09. The average molecular weight is 187 g/mol. The van der Waals surface area contributed by atoms with Gasteiger partial charge >= 0.3 is 0 Å². The monoisotopic (exact) mass is 186 g/mol. The fourth-order valence-electron chi connectivity index (χ4n) is 0.740. The van der Waals surface area contributed by atoms with Crippen LogP contribution in [0.5, 0.6) is 0 Å². The molecule has 0 aliphatic rings. The molecule has 5 nitrogen and oxygen atoms in total. The summed E-state index contributed by atoms with van der Waals surface area (Å²) in [7, 11) is 1.68. The summed E-state index contributed by atoms with van der Waals surface area (Å²) in [4.78, 5) is 17.7. The van der Waals surface area contributed by atoms with Gasteiger partial charge in [-0.1, -0.05) is 11.6 Å². The first-order chi connectivity index (χ1) is 5.79. The van der Waals surface area contributed by atoms with Crippen molar-refractivity contribution in [2.45, 2.75) is 0 Å². The number of hydrogen-bond donors (Lipinski definition) is 2. The molecule has 6 heteroatoms. The number of aromatic nitrogens is 2. The van der Waals surface area contributed by atoms with E-state index in [2.05, 4.69) is 20.6 Å². The van der Waals surface area contributed by atoms with Crippen molar-refractivity contribution in [2.75, 3.05) is 17.7 Å². The molecular weight excluding hydrogens is 180 g/mol. The highest BCUT2D eigenvalue weighted by molar-refractivity contribution is 6.32. The summed E-state index contributed by atoms with van der Waals surface area (Å²) >= 11 is 5.67. The molecule has 1 aromatic heterocycles. The van der Waals surface area contributed by atoms with Crippen LogP contribution >= 0.6 is 11.6 Å². The molecule has 0 saturated carbocycles. The summed E-state index contributed by atoms with van der Waals surface area (Å²) in [5.41, 5.74) is 0.386. The number of anilines is 2. The Morgan fingerprint density at radius 3 is 2.92 bits per heavy atom. The first-order valence-electron chi connectivity index (χ1n) is 3.18. The SMILES string of the molecule is CNc1ncnc(Cl)c1NC=O. The van der Waals surface area contributed by atoms with Crippen molar-refractivity contribution in [1.82, 2.24) is 9.97 Å². The molecule has 0 aliphatic heterocycles. The largest absolute Gasteiger partial charge is 0.371 e. The quantitative estimate of drug-likeness (QED) is 0.540.